The molecular weight excluding hydrogens is 460 g/mol. The Kier molecular flexibility index (Phi) is 13.1. The summed E-state index contributed by atoms with van der Waals surface area (Å²) in [6, 6.07) is 7.54. The van der Waals surface area contributed by atoms with Gasteiger partial charge in [-0.25, -0.2) is 9.59 Å². The molecule has 192 valence electrons. The molecule has 1 aliphatic heterocycles. The van der Waals surface area contributed by atoms with Gasteiger partial charge in [-0.1, -0.05) is 23.7 Å². The summed E-state index contributed by atoms with van der Waals surface area (Å²) in [6.45, 7) is 3.32. The van der Waals surface area contributed by atoms with Crippen molar-refractivity contribution in [3.63, 3.8) is 0 Å². The van der Waals surface area contributed by atoms with Crippen molar-refractivity contribution in [1.82, 2.24) is 20.9 Å². The number of nitrogens with zero attached hydrogens (tertiary/aromatic N) is 1. The van der Waals surface area contributed by atoms with Gasteiger partial charge in [0, 0.05) is 51.0 Å². The number of rotatable bonds is 13. The third kappa shape index (κ3) is 10.5. The summed E-state index contributed by atoms with van der Waals surface area (Å²) in [5.74, 6) is 0.533. The van der Waals surface area contributed by atoms with Gasteiger partial charge < -0.3 is 35.1 Å². The Morgan fingerprint density at radius 2 is 2.15 bits per heavy atom. The second kappa shape index (κ2) is 15.8. The minimum atomic E-state index is -0.504. The standard InChI is InChI=1S/C24H39ClN4O5/c1-26-21(14-18-6-5-12-33-17-18)16-28-23(30)29(2)11-9-22(19-7-4-8-20(25)15-19)34-13-10-27-24(31)32-3/h4,7-8,15,18,21-22,26H,5-6,9-14,16-17H2,1-3H3,(H,27,31)(H,28,30)/t18-,21+,22-/m1/s1. The van der Waals surface area contributed by atoms with Crippen LogP contribution in [0.2, 0.25) is 5.02 Å². The van der Waals surface area contributed by atoms with E-state index in [-0.39, 0.29) is 18.2 Å². The lowest BCUT2D eigenvalue weighted by molar-refractivity contribution is 0.0437. The first kappa shape index (κ1) is 28.2. The molecule has 0 aliphatic carbocycles. The van der Waals surface area contributed by atoms with E-state index in [0.717, 1.165) is 31.6 Å². The lowest BCUT2D eigenvalue weighted by atomic mass is 9.94. The quantitative estimate of drug-likeness (QED) is 0.361. The van der Waals surface area contributed by atoms with Gasteiger partial charge in [-0.3, -0.25) is 0 Å². The molecule has 1 aromatic rings. The Balaban J connectivity index is 1.81. The van der Waals surface area contributed by atoms with Gasteiger partial charge in [0.15, 0.2) is 0 Å². The molecule has 3 atom stereocenters. The van der Waals surface area contributed by atoms with Crippen molar-refractivity contribution in [2.24, 2.45) is 5.92 Å². The number of halogens is 1. The number of amides is 3. The fourth-order valence-electron chi connectivity index (χ4n) is 3.94. The van der Waals surface area contributed by atoms with E-state index in [1.54, 1.807) is 18.0 Å². The van der Waals surface area contributed by atoms with Crippen molar-refractivity contribution in [2.75, 3.05) is 60.7 Å². The summed E-state index contributed by atoms with van der Waals surface area (Å²) in [4.78, 5) is 25.6. The van der Waals surface area contributed by atoms with Gasteiger partial charge in [-0.15, -0.1) is 0 Å². The van der Waals surface area contributed by atoms with Gasteiger partial charge in [0.1, 0.15) is 0 Å². The van der Waals surface area contributed by atoms with Crippen LogP contribution < -0.4 is 16.0 Å². The number of ether oxygens (including phenoxy) is 3. The maximum absolute atomic E-state index is 12.7. The Morgan fingerprint density at radius 1 is 1.32 bits per heavy atom. The molecule has 3 amide bonds. The number of methoxy groups -OCH3 is 1. The highest BCUT2D eigenvalue weighted by molar-refractivity contribution is 6.30. The van der Waals surface area contributed by atoms with Gasteiger partial charge in [-0.2, -0.15) is 0 Å². The summed E-state index contributed by atoms with van der Waals surface area (Å²) in [5.41, 5.74) is 0.921. The van der Waals surface area contributed by atoms with Gasteiger partial charge in [0.05, 0.1) is 19.8 Å². The fourth-order valence-corrected chi connectivity index (χ4v) is 4.14. The molecule has 1 aliphatic rings. The molecule has 2 rings (SSSR count). The van der Waals surface area contributed by atoms with Crippen LogP contribution in [0.15, 0.2) is 24.3 Å². The Hall–Kier alpha value is -2.07. The van der Waals surface area contributed by atoms with E-state index < -0.39 is 6.09 Å². The maximum Gasteiger partial charge on any atom is 0.406 e. The second-order valence-corrected chi connectivity index (χ2v) is 8.97. The molecule has 1 heterocycles. The average Bonchev–Trinajstić information content (AvgIpc) is 2.85. The number of nitrogens with one attached hydrogen (secondary N) is 3. The van der Waals surface area contributed by atoms with E-state index in [9.17, 15) is 9.59 Å². The van der Waals surface area contributed by atoms with Gasteiger partial charge in [-0.05, 0) is 56.3 Å². The molecule has 0 radical (unpaired) electrons. The Morgan fingerprint density at radius 3 is 2.82 bits per heavy atom. The predicted molar refractivity (Wildman–Crippen MR) is 132 cm³/mol. The number of urea groups is 1. The van der Waals surface area contributed by atoms with Crippen LogP contribution in [0.1, 0.15) is 37.4 Å². The molecule has 0 unspecified atom stereocenters. The van der Waals surface area contributed by atoms with E-state index in [2.05, 4.69) is 20.7 Å². The molecular formula is C24H39ClN4O5. The second-order valence-electron chi connectivity index (χ2n) is 8.53. The van der Waals surface area contributed by atoms with Crippen LogP contribution in [-0.2, 0) is 14.2 Å². The average molecular weight is 499 g/mol. The molecule has 1 fully saturated rings. The predicted octanol–water partition coefficient (Wildman–Crippen LogP) is 3.19. The highest BCUT2D eigenvalue weighted by atomic mass is 35.5. The number of hydrogen-bond acceptors (Lipinski definition) is 6. The van der Waals surface area contributed by atoms with Crippen LogP contribution in [0.3, 0.4) is 0 Å². The zero-order chi connectivity index (χ0) is 24.8. The molecule has 1 aromatic carbocycles. The van der Waals surface area contributed by atoms with Crippen molar-refractivity contribution < 1.29 is 23.8 Å². The van der Waals surface area contributed by atoms with E-state index in [0.29, 0.717) is 43.6 Å². The molecule has 0 bridgehead atoms. The largest absolute Gasteiger partial charge is 0.453 e. The lowest BCUT2D eigenvalue weighted by Crippen LogP contribution is -2.45. The summed E-state index contributed by atoms with van der Waals surface area (Å²) in [5, 5.41) is 9.54. The van der Waals surface area contributed by atoms with Crippen LogP contribution in [0.5, 0.6) is 0 Å². The molecule has 9 nitrogen and oxygen atoms in total. The van der Waals surface area contributed by atoms with Gasteiger partial charge in [0.25, 0.3) is 0 Å². The number of likely N-dealkylation sites (N-methyl/N-ethyl adjacent to an activating group) is 1. The first-order chi connectivity index (χ1) is 16.4. The van der Waals surface area contributed by atoms with Crippen LogP contribution in [0.25, 0.3) is 0 Å². The van der Waals surface area contributed by atoms with E-state index in [4.69, 9.17) is 21.1 Å². The monoisotopic (exact) mass is 498 g/mol. The Bertz CT molecular complexity index is 748. The summed E-state index contributed by atoms with van der Waals surface area (Å²) < 4.78 is 16.1. The van der Waals surface area contributed by atoms with E-state index in [1.165, 1.54) is 13.5 Å². The number of benzene rings is 1. The SMILES string of the molecule is CN[C@H](CNC(=O)N(C)CC[C@@H](OCCNC(=O)OC)c1cccc(Cl)c1)C[C@H]1CCCOC1. The molecule has 0 aromatic heterocycles. The molecule has 0 spiro atoms. The van der Waals surface area contributed by atoms with Crippen LogP contribution in [0.4, 0.5) is 9.59 Å². The van der Waals surface area contributed by atoms with Crippen molar-refractivity contribution in [1.29, 1.82) is 0 Å². The topological polar surface area (TPSA) is 101 Å². The first-order valence-electron chi connectivity index (χ1n) is 11.9. The van der Waals surface area contributed by atoms with Gasteiger partial charge >= 0.3 is 12.1 Å². The third-order valence-electron chi connectivity index (χ3n) is 5.95. The minimum absolute atomic E-state index is 0.127. The fraction of sp³-hybridized carbons (Fsp3) is 0.667. The van der Waals surface area contributed by atoms with Crippen molar-refractivity contribution in [2.45, 2.75) is 37.8 Å². The molecule has 3 N–H and O–H groups in total. The molecule has 34 heavy (non-hydrogen) atoms. The first-order valence-corrected chi connectivity index (χ1v) is 12.2. The highest BCUT2D eigenvalue weighted by Gasteiger charge is 2.20. The van der Waals surface area contributed by atoms with Gasteiger partial charge in [0.2, 0.25) is 0 Å². The van der Waals surface area contributed by atoms with Crippen LogP contribution in [0, 0.1) is 5.92 Å². The number of carbonyl (C=O) groups is 2. The number of carbonyl (C=O) groups excluding carboxylic acids is 2. The smallest absolute Gasteiger partial charge is 0.406 e. The van der Waals surface area contributed by atoms with E-state index in [1.807, 2.05) is 25.2 Å². The molecule has 1 saturated heterocycles. The summed E-state index contributed by atoms with van der Waals surface area (Å²) in [6.07, 6.45) is 3.05. The van der Waals surface area contributed by atoms with Crippen LogP contribution in [-0.4, -0.2) is 83.7 Å². The van der Waals surface area contributed by atoms with Crippen LogP contribution >= 0.6 is 11.6 Å². The van der Waals surface area contributed by atoms with Crippen molar-refractivity contribution in [3.8, 4) is 0 Å². The zero-order valence-corrected chi connectivity index (χ0v) is 21.2. The van der Waals surface area contributed by atoms with Crippen molar-refractivity contribution in [3.05, 3.63) is 34.9 Å². The maximum atomic E-state index is 12.7. The third-order valence-corrected chi connectivity index (χ3v) is 6.19. The van der Waals surface area contributed by atoms with E-state index >= 15 is 0 Å². The Labute approximate surface area is 207 Å². The summed E-state index contributed by atoms with van der Waals surface area (Å²) >= 11 is 6.16. The molecule has 10 heteroatoms. The van der Waals surface area contributed by atoms with Crippen molar-refractivity contribution >= 4 is 23.7 Å². The summed E-state index contributed by atoms with van der Waals surface area (Å²) in [7, 11) is 5.01. The molecule has 0 saturated carbocycles. The zero-order valence-electron chi connectivity index (χ0n) is 20.5. The number of alkyl carbamates (subject to hydrolysis) is 1. The minimum Gasteiger partial charge on any atom is -0.453 e. The number of hydrogen-bond donors (Lipinski definition) is 3. The normalized spacial score (nSPS) is 17.5. The lowest BCUT2D eigenvalue weighted by Gasteiger charge is -2.27. The highest BCUT2D eigenvalue weighted by Crippen LogP contribution is 2.24.